The highest BCUT2D eigenvalue weighted by Crippen LogP contribution is 2.36. The molecule has 2 aromatic heterocycles. The van der Waals surface area contributed by atoms with Crippen molar-refractivity contribution in [3.05, 3.63) is 34.8 Å². The summed E-state index contributed by atoms with van der Waals surface area (Å²) in [6.45, 7) is 0.702. The number of likely N-dealkylation sites (tertiary alicyclic amines) is 1. The molecule has 4 heterocycles. The number of aromatic nitrogens is 2. The molecular formula is C15H16N4O2S. The molecule has 22 heavy (non-hydrogen) atoms. The third kappa shape index (κ3) is 1.96. The van der Waals surface area contributed by atoms with E-state index in [0.29, 0.717) is 13.0 Å². The molecule has 0 unspecified atom stereocenters. The van der Waals surface area contributed by atoms with Crippen molar-refractivity contribution in [3.63, 3.8) is 0 Å². The largest absolute Gasteiger partial charge is 0.333 e. The normalized spacial score (nSPS) is 24.1. The number of hydrogen-bond donors (Lipinski definition) is 0. The second-order valence-corrected chi connectivity index (χ2v) is 6.55. The van der Waals surface area contributed by atoms with Crippen molar-refractivity contribution < 1.29 is 9.59 Å². The lowest BCUT2D eigenvalue weighted by molar-refractivity contribution is -0.117. The van der Waals surface area contributed by atoms with Crippen LogP contribution in [0.25, 0.3) is 0 Å². The molecule has 2 aliphatic heterocycles. The quantitative estimate of drug-likeness (QED) is 0.844. The number of rotatable bonds is 2. The van der Waals surface area contributed by atoms with E-state index in [4.69, 9.17) is 0 Å². The molecule has 0 aromatic carbocycles. The van der Waals surface area contributed by atoms with Crippen LogP contribution in [0.1, 0.15) is 23.2 Å². The summed E-state index contributed by atoms with van der Waals surface area (Å²) in [6, 6.07) is 1.88. The Hall–Kier alpha value is -2.15. The van der Waals surface area contributed by atoms with Crippen LogP contribution in [-0.4, -0.2) is 45.1 Å². The van der Waals surface area contributed by atoms with Crippen molar-refractivity contribution in [2.45, 2.75) is 24.9 Å². The van der Waals surface area contributed by atoms with Crippen LogP contribution in [0.15, 0.2) is 29.2 Å². The standard InChI is InChI=1S/C15H16N4O2S/c1-17-8-11(7-16-17)19-12-2-4-18(13(12)6-14(19)20)15(21)10-3-5-22-9-10/h3,5,7-9,12-13H,2,4,6H2,1H3/t12-,13+/m0/s1. The number of nitrogens with zero attached hydrogens (tertiary/aromatic N) is 4. The summed E-state index contributed by atoms with van der Waals surface area (Å²) in [7, 11) is 1.84. The number of thiophene rings is 1. The number of anilines is 1. The Morgan fingerprint density at radius 2 is 2.27 bits per heavy atom. The summed E-state index contributed by atoms with van der Waals surface area (Å²) >= 11 is 1.52. The van der Waals surface area contributed by atoms with E-state index in [0.717, 1.165) is 17.7 Å². The lowest BCUT2D eigenvalue weighted by Gasteiger charge is -2.24. The van der Waals surface area contributed by atoms with Gasteiger partial charge in [0.25, 0.3) is 5.91 Å². The fourth-order valence-electron chi connectivity index (χ4n) is 3.52. The molecule has 7 heteroatoms. The monoisotopic (exact) mass is 316 g/mol. The maximum atomic E-state index is 12.6. The maximum absolute atomic E-state index is 12.6. The molecule has 0 saturated carbocycles. The van der Waals surface area contributed by atoms with E-state index in [1.165, 1.54) is 11.3 Å². The molecular weight excluding hydrogens is 300 g/mol. The molecule has 2 fully saturated rings. The van der Waals surface area contributed by atoms with E-state index in [1.54, 1.807) is 10.9 Å². The second-order valence-electron chi connectivity index (χ2n) is 5.77. The molecule has 114 valence electrons. The van der Waals surface area contributed by atoms with Crippen LogP contribution >= 0.6 is 11.3 Å². The Morgan fingerprint density at radius 3 is 2.95 bits per heavy atom. The smallest absolute Gasteiger partial charge is 0.255 e. The van der Waals surface area contributed by atoms with Gasteiger partial charge in [-0.3, -0.25) is 14.3 Å². The molecule has 6 nitrogen and oxygen atoms in total. The molecule has 0 aliphatic carbocycles. The average Bonchev–Trinajstić information content (AvgIpc) is 3.22. The Bertz CT molecular complexity index is 724. The maximum Gasteiger partial charge on any atom is 0.255 e. The summed E-state index contributed by atoms with van der Waals surface area (Å²) < 4.78 is 1.69. The first-order chi connectivity index (χ1) is 10.6. The van der Waals surface area contributed by atoms with E-state index in [9.17, 15) is 9.59 Å². The number of hydrogen-bond acceptors (Lipinski definition) is 4. The van der Waals surface area contributed by atoms with E-state index in [2.05, 4.69) is 5.10 Å². The van der Waals surface area contributed by atoms with E-state index < -0.39 is 0 Å². The van der Waals surface area contributed by atoms with Crippen molar-refractivity contribution in [3.8, 4) is 0 Å². The van der Waals surface area contributed by atoms with Gasteiger partial charge in [-0.15, -0.1) is 0 Å². The van der Waals surface area contributed by atoms with Crippen LogP contribution in [0.5, 0.6) is 0 Å². The van der Waals surface area contributed by atoms with Crippen LogP contribution in [0.2, 0.25) is 0 Å². The van der Waals surface area contributed by atoms with Gasteiger partial charge in [-0.2, -0.15) is 16.4 Å². The minimum Gasteiger partial charge on any atom is -0.333 e. The van der Waals surface area contributed by atoms with Gasteiger partial charge >= 0.3 is 0 Å². The third-order valence-corrected chi connectivity index (χ3v) is 5.18. The first kappa shape index (κ1) is 13.5. The Kier molecular flexibility index (Phi) is 3.04. The summed E-state index contributed by atoms with van der Waals surface area (Å²) in [5, 5.41) is 7.92. The lowest BCUT2D eigenvalue weighted by Crippen LogP contribution is -2.39. The fourth-order valence-corrected chi connectivity index (χ4v) is 4.15. The second kappa shape index (κ2) is 4.95. The van der Waals surface area contributed by atoms with E-state index in [1.807, 2.05) is 39.9 Å². The number of carbonyl (C=O) groups excluding carboxylic acids is 2. The summed E-state index contributed by atoms with van der Waals surface area (Å²) in [6.07, 6.45) is 4.78. The average molecular weight is 316 g/mol. The summed E-state index contributed by atoms with van der Waals surface area (Å²) in [4.78, 5) is 28.7. The van der Waals surface area contributed by atoms with Gasteiger partial charge in [0.15, 0.2) is 0 Å². The summed E-state index contributed by atoms with van der Waals surface area (Å²) in [5.74, 6) is 0.111. The zero-order valence-electron chi connectivity index (χ0n) is 12.2. The lowest BCUT2D eigenvalue weighted by atomic mass is 10.1. The number of aryl methyl sites for hydroxylation is 1. The van der Waals surface area contributed by atoms with Crippen LogP contribution < -0.4 is 4.90 Å². The predicted molar refractivity (Wildman–Crippen MR) is 82.9 cm³/mol. The SMILES string of the molecule is Cn1cc(N2C(=O)C[C@@H]3[C@@H]2CCN3C(=O)c2ccsc2)cn1. The van der Waals surface area contributed by atoms with Gasteiger partial charge < -0.3 is 9.80 Å². The topological polar surface area (TPSA) is 58.4 Å². The molecule has 2 saturated heterocycles. The number of carbonyl (C=O) groups is 2. The van der Waals surface area contributed by atoms with Crippen LogP contribution in [0, 0.1) is 0 Å². The van der Waals surface area contributed by atoms with Gasteiger partial charge in [-0.1, -0.05) is 0 Å². The molecule has 2 amide bonds. The Balaban J connectivity index is 1.60. The fraction of sp³-hybridized carbons (Fsp3) is 0.400. The number of amides is 2. The third-order valence-electron chi connectivity index (χ3n) is 4.49. The van der Waals surface area contributed by atoms with Crippen LogP contribution in [0.4, 0.5) is 5.69 Å². The molecule has 4 rings (SSSR count). The highest BCUT2D eigenvalue weighted by atomic mass is 32.1. The minimum absolute atomic E-state index is 0.0277. The highest BCUT2D eigenvalue weighted by molar-refractivity contribution is 7.08. The minimum atomic E-state index is -0.0277. The van der Waals surface area contributed by atoms with Crippen molar-refractivity contribution in [2.24, 2.45) is 7.05 Å². The van der Waals surface area contributed by atoms with Gasteiger partial charge in [0, 0.05) is 31.6 Å². The molecule has 0 spiro atoms. The molecule has 2 aromatic rings. The summed E-state index contributed by atoms with van der Waals surface area (Å²) in [5.41, 5.74) is 1.54. The Morgan fingerprint density at radius 1 is 1.41 bits per heavy atom. The molecule has 0 radical (unpaired) electrons. The van der Waals surface area contributed by atoms with Gasteiger partial charge in [-0.25, -0.2) is 0 Å². The van der Waals surface area contributed by atoms with E-state index >= 15 is 0 Å². The first-order valence-corrected chi connectivity index (χ1v) is 8.23. The van der Waals surface area contributed by atoms with Gasteiger partial charge in [0.2, 0.25) is 5.91 Å². The zero-order chi connectivity index (χ0) is 15.3. The van der Waals surface area contributed by atoms with Crippen molar-refractivity contribution in [1.82, 2.24) is 14.7 Å². The van der Waals surface area contributed by atoms with Crippen molar-refractivity contribution in [1.29, 1.82) is 0 Å². The molecule has 0 bridgehead atoms. The molecule has 2 aliphatic rings. The predicted octanol–water partition coefficient (Wildman–Crippen LogP) is 1.50. The first-order valence-electron chi connectivity index (χ1n) is 7.29. The van der Waals surface area contributed by atoms with Crippen LogP contribution in [-0.2, 0) is 11.8 Å². The zero-order valence-corrected chi connectivity index (χ0v) is 13.0. The molecule has 2 atom stereocenters. The van der Waals surface area contributed by atoms with Gasteiger partial charge in [-0.05, 0) is 17.9 Å². The van der Waals surface area contributed by atoms with E-state index in [-0.39, 0.29) is 23.9 Å². The van der Waals surface area contributed by atoms with Crippen molar-refractivity contribution in [2.75, 3.05) is 11.4 Å². The number of fused-ring (bicyclic) bond motifs is 1. The molecule has 0 N–H and O–H groups in total. The Labute approximate surface area is 131 Å². The van der Waals surface area contributed by atoms with Gasteiger partial charge in [0.05, 0.1) is 29.5 Å². The van der Waals surface area contributed by atoms with Crippen molar-refractivity contribution >= 4 is 28.8 Å². The van der Waals surface area contributed by atoms with Gasteiger partial charge in [0.1, 0.15) is 0 Å². The highest BCUT2D eigenvalue weighted by Gasteiger charge is 2.49. The van der Waals surface area contributed by atoms with Crippen LogP contribution in [0.3, 0.4) is 0 Å².